The van der Waals surface area contributed by atoms with Crippen LogP contribution in [0.1, 0.15) is 12.5 Å². The molecule has 1 amide bonds. The molecular formula is C13H19N3O2. The summed E-state index contributed by atoms with van der Waals surface area (Å²) in [6, 6.07) is 3.81. The Morgan fingerprint density at radius 2 is 2.17 bits per heavy atom. The standard InChI is InChI=1S/C13H19N3O2/c1-13(9-15-10-13)18-8-12(17)16(2)7-11-3-5-14-6-4-11/h3-6,15H,7-10H2,1-2H3. The molecule has 0 saturated carbocycles. The van der Waals surface area contributed by atoms with Crippen LogP contribution in [-0.4, -0.2) is 48.1 Å². The molecule has 1 aliphatic rings. The summed E-state index contributed by atoms with van der Waals surface area (Å²) in [5.41, 5.74) is 0.894. The molecule has 1 fully saturated rings. The first-order valence-corrected chi connectivity index (χ1v) is 6.07. The molecule has 0 spiro atoms. The molecule has 0 bridgehead atoms. The third-order valence-electron chi connectivity index (χ3n) is 3.14. The van der Waals surface area contributed by atoms with E-state index < -0.39 is 0 Å². The number of carbonyl (C=O) groups excluding carboxylic acids is 1. The second kappa shape index (κ2) is 5.46. The Kier molecular flexibility index (Phi) is 3.93. The Balaban J connectivity index is 1.78. The van der Waals surface area contributed by atoms with Crippen LogP contribution >= 0.6 is 0 Å². The minimum Gasteiger partial charge on any atom is -0.363 e. The van der Waals surface area contributed by atoms with Crippen LogP contribution in [0.4, 0.5) is 0 Å². The van der Waals surface area contributed by atoms with Gasteiger partial charge in [-0.15, -0.1) is 0 Å². The van der Waals surface area contributed by atoms with Crippen LogP contribution in [0.15, 0.2) is 24.5 Å². The van der Waals surface area contributed by atoms with E-state index in [0.717, 1.165) is 18.7 Å². The normalized spacial score (nSPS) is 17.0. The van der Waals surface area contributed by atoms with E-state index >= 15 is 0 Å². The van der Waals surface area contributed by atoms with Crippen molar-refractivity contribution in [1.29, 1.82) is 0 Å². The molecule has 18 heavy (non-hydrogen) atoms. The lowest BCUT2D eigenvalue weighted by molar-refractivity contribution is -0.145. The van der Waals surface area contributed by atoms with E-state index in [4.69, 9.17) is 4.74 Å². The lowest BCUT2D eigenvalue weighted by atomic mass is 10.0. The summed E-state index contributed by atoms with van der Waals surface area (Å²) < 4.78 is 5.62. The summed E-state index contributed by atoms with van der Waals surface area (Å²) in [6.45, 7) is 4.36. The molecule has 0 atom stereocenters. The van der Waals surface area contributed by atoms with Crippen LogP contribution in [0.25, 0.3) is 0 Å². The number of hydrogen-bond donors (Lipinski definition) is 1. The number of amides is 1. The average Bonchev–Trinajstić information content (AvgIpc) is 2.34. The van der Waals surface area contributed by atoms with E-state index in [1.165, 1.54) is 0 Å². The van der Waals surface area contributed by atoms with E-state index in [2.05, 4.69) is 10.3 Å². The summed E-state index contributed by atoms with van der Waals surface area (Å²) in [7, 11) is 1.79. The molecule has 98 valence electrons. The van der Waals surface area contributed by atoms with Crippen molar-refractivity contribution >= 4 is 5.91 Å². The Bertz CT molecular complexity index is 404. The summed E-state index contributed by atoms with van der Waals surface area (Å²) in [4.78, 5) is 17.5. The molecule has 1 aromatic rings. The minimum absolute atomic E-state index is 0.0000581. The van der Waals surface area contributed by atoms with Gasteiger partial charge in [-0.2, -0.15) is 0 Å². The molecule has 1 saturated heterocycles. The maximum atomic E-state index is 11.9. The van der Waals surface area contributed by atoms with Crippen molar-refractivity contribution in [2.24, 2.45) is 0 Å². The highest BCUT2D eigenvalue weighted by Crippen LogP contribution is 2.15. The van der Waals surface area contributed by atoms with Crippen molar-refractivity contribution in [3.63, 3.8) is 0 Å². The monoisotopic (exact) mass is 249 g/mol. The number of carbonyl (C=O) groups is 1. The Morgan fingerprint density at radius 3 is 2.72 bits per heavy atom. The molecule has 0 radical (unpaired) electrons. The topological polar surface area (TPSA) is 54.5 Å². The molecule has 2 heterocycles. The van der Waals surface area contributed by atoms with E-state index in [0.29, 0.717) is 6.54 Å². The second-order valence-electron chi connectivity index (χ2n) is 4.95. The highest BCUT2D eigenvalue weighted by Gasteiger charge is 2.33. The van der Waals surface area contributed by atoms with Crippen LogP contribution in [0.2, 0.25) is 0 Å². The first kappa shape index (κ1) is 13.0. The van der Waals surface area contributed by atoms with Gasteiger partial charge in [0.2, 0.25) is 5.91 Å². The smallest absolute Gasteiger partial charge is 0.248 e. The minimum atomic E-state index is -0.173. The molecule has 1 N–H and O–H groups in total. The summed E-state index contributed by atoms with van der Waals surface area (Å²) in [6.07, 6.45) is 3.45. The molecule has 0 unspecified atom stereocenters. The third-order valence-corrected chi connectivity index (χ3v) is 3.14. The zero-order chi connectivity index (χ0) is 13.0. The summed E-state index contributed by atoms with van der Waals surface area (Å²) >= 11 is 0. The molecule has 5 heteroatoms. The van der Waals surface area contributed by atoms with Gasteiger partial charge in [0, 0.05) is 39.1 Å². The van der Waals surface area contributed by atoms with Crippen molar-refractivity contribution in [2.45, 2.75) is 19.1 Å². The van der Waals surface area contributed by atoms with Crippen molar-refractivity contribution < 1.29 is 9.53 Å². The quantitative estimate of drug-likeness (QED) is 0.821. The zero-order valence-corrected chi connectivity index (χ0v) is 10.8. The van der Waals surface area contributed by atoms with Crippen molar-refractivity contribution in [3.05, 3.63) is 30.1 Å². The third kappa shape index (κ3) is 3.27. The van der Waals surface area contributed by atoms with Gasteiger partial charge in [-0.05, 0) is 24.6 Å². The number of nitrogens with zero attached hydrogens (tertiary/aromatic N) is 2. The number of hydrogen-bond acceptors (Lipinski definition) is 4. The summed E-state index contributed by atoms with van der Waals surface area (Å²) in [5, 5.41) is 3.14. The van der Waals surface area contributed by atoms with Gasteiger partial charge in [0.25, 0.3) is 0 Å². The van der Waals surface area contributed by atoms with Gasteiger partial charge in [-0.25, -0.2) is 0 Å². The van der Waals surface area contributed by atoms with Gasteiger partial charge in [0.05, 0.1) is 5.60 Å². The maximum Gasteiger partial charge on any atom is 0.248 e. The van der Waals surface area contributed by atoms with Gasteiger partial charge in [0.15, 0.2) is 0 Å². The van der Waals surface area contributed by atoms with Crippen LogP contribution in [-0.2, 0) is 16.1 Å². The lowest BCUT2D eigenvalue weighted by Gasteiger charge is -2.39. The number of aromatic nitrogens is 1. The highest BCUT2D eigenvalue weighted by molar-refractivity contribution is 5.77. The molecule has 0 aliphatic carbocycles. The second-order valence-corrected chi connectivity index (χ2v) is 4.95. The first-order chi connectivity index (χ1) is 8.59. The van der Waals surface area contributed by atoms with E-state index in [1.807, 2.05) is 19.1 Å². The first-order valence-electron chi connectivity index (χ1n) is 6.07. The Labute approximate surface area is 107 Å². The highest BCUT2D eigenvalue weighted by atomic mass is 16.5. The average molecular weight is 249 g/mol. The predicted molar refractivity (Wildman–Crippen MR) is 67.9 cm³/mol. The van der Waals surface area contributed by atoms with Gasteiger partial charge in [-0.1, -0.05) is 0 Å². The Hall–Kier alpha value is -1.46. The van der Waals surface area contributed by atoms with Crippen LogP contribution in [0.5, 0.6) is 0 Å². The van der Waals surface area contributed by atoms with Gasteiger partial charge < -0.3 is 15.0 Å². The fourth-order valence-corrected chi connectivity index (χ4v) is 1.78. The van der Waals surface area contributed by atoms with Gasteiger partial charge >= 0.3 is 0 Å². The van der Waals surface area contributed by atoms with Crippen LogP contribution in [0.3, 0.4) is 0 Å². The maximum absolute atomic E-state index is 11.9. The summed E-state index contributed by atoms with van der Waals surface area (Å²) in [5.74, 6) is -0.0000581. The number of likely N-dealkylation sites (N-methyl/N-ethyl adjacent to an activating group) is 1. The molecule has 0 aromatic carbocycles. The fourth-order valence-electron chi connectivity index (χ4n) is 1.78. The van der Waals surface area contributed by atoms with Crippen LogP contribution < -0.4 is 5.32 Å². The molecule has 1 aliphatic heterocycles. The molecule has 5 nitrogen and oxygen atoms in total. The van der Waals surface area contributed by atoms with Gasteiger partial charge in [0.1, 0.15) is 6.61 Å². The van der Waals surface area contributed by atoms with E-state index in [9.17, 15) is 4.79 Å². The van der Waals surface area contributed by atoms with Crippen molar-refractivity contribution in [1.82, 2.24) is 15.2 Å². The van der Waals surface area contributed by atoms with E-state index in [1.54, 1.807) is 24.3 Å². The molecular weight excluding hydrogens is 230 g/mol. The number of nitrogens with one attached hydrogen (secondary N) is 1. The molecule has 2 rings (SSSR count). The number of pyridine rings is 1. The largest absolute Gasteiger partial charge is 0.363 e. The van der Waals surface area contributed by atoms with E-state index in [-0.39, 0.29) is 18.1 Å². The van der Waals surface area contributed by atoms with Crippen molar-refractivity contribution in [3.8, 4) is 0 Å². The SMILES string of the molecule is CN(Cc1ccncc1)C(=O)COC1(C)CNC1. The number of ether oxygens (including phenoxy) is 1. The number of rotatable bonds is 5. The predicted octanol–water partition coefficient (Wildman–Crippen LogP) is 0.418. The van der Waals surface area contributed by atoms with Gasteiger partial charge in [-0.3, -0.25) is 9.78 Å². The van der Waals surface area contributed by atoms with Crippen LogP contribution in [0, 0.1) is 0 Å². The molecule has 1 aromatic heterocycles. The Morgan fingerprint density at radius 1 is 1.50 bits per heavy atom. The lowest BCUT2D eigenvalue weighted by Crippen LogP contribution is -2.59. The fraction of sp³-hybridized carbons (Fsp3) is 0.538. The zero-order valence-electron chi connectivity index (χ0n) is 10.8. The van der Waals surface area contributed by atoms with Crippen molar-refractivity contribution in [2.75, 3.05) is 26.7 Å².